The highest BCUT2D eigenvalue weighted by molar-refractivity contribution is 7.98. The fourth-order valence-electron chi connectivity index (χ4n) is 2.72. The summed E-state index contributed by atoms with van der Waals surface area (Å²) in [4.78, 5) is 4.45. The first kappa shape index (κ1) is 19.4. The average Bonchev–Trinajstić information content (AvgIpc) is 3.31. The highest BCUT2D eigenvalue weighted by atomic mass is 35.5. The molecule has 0 fully saturated rings. The van der Waals surface area contributed by atoms with Gasteiger partial charge in [0.25, 0.3) is 0 Å². The first-order valence-electron chi connectivity index (χ1n) is 8.88. The van der Waals surface area contributed by atoms with E-state index in [0.29, 0.717) is 21.9 Å². The summed E-state index contributed by atoms with van der Waals surface area (Å²) in [6, 6.07) is 16.0. The van der Waals surface area contributed by atoms with Crippen molar-refractivity contribution in [2.45, 2.75) is 17.8 Å². The molecule has 0 radical (unpaired) electrons. The maximum atomic E-state index is 13.0. The van der Waals surface area contributed by atoms with E-state index in [0.717, 1.165) is 22.5 Å². The standard InChI is InChI=1S/C21H17ClFN5S/c1-14-18(20(22)28(27-14)17-5-3-2-4-6-17)13-29-21-24-19(25-26-21)12-9-15-7-10-16(23)11-8-15/h2-12H,13H2,1H3,(H,24,25,26)/b12-9+. The number of para-hydroxylation sites is 1. The van der Waals surface area contributed by atoms with Gasteiger partial charge in [-0.2, -0.15) is 5.10 Å². The quantitative estimate of drug-likeness (QED) is 0.411. The summed E-state index contributed by atoms with van der Waals surface area (Å²) in [5, 5.41) is 12.9. The minimum Gasteiger partial charge on any atom is -0.259 e. The molecule has 8 heteroatoms. The number of halogens is 2. The van der Waals surface area contributed by atoms with Crippen molar-refractivity contribution in [3.63, 3.8) is 0 Å². The van der Waals surface area contributed by atoms with Crippen LogP contribution in [0.5, 0.6) is 0 Å². The maximum absolute atomic E-state index is 13.0. The van der Waals surface area contributed by atoms with E-state index in [1.807, 2.05) is 43.3 Å². The Kier molecular flexibility index (Phi) is 5.78. The number of hydrogen-bond acceptors (Lipinski definition) is 4. The van der Waals surface area contributed by atoms with E-state index in [-0.39, 0.29) is 5.82 Å². The van der Waals surface area contributed by atoms with E-state index in [2.05, 4.69) is 20.3 Å². The second-order valence-corrected chi connectivity index (χ2v) is 7.58. The number of nitrogens with zero attached hydrogens (tertiary/aromatic N) is 4. The molecule has 0 atom stereocenters. The van der Waals surface area contributed by atoms with Crippen LogP contribution in [0, 0.1) is 12.7 Å². The van der Waals surface area contributed by atoms with E-state index in [4.69, 9.17) is 11.6 Å². The number of nitrogens with one attached hydrogen (secondary N) is 1. The minimum absolute atomic E-state index is 0.259. The molecular formula is C21H17ClFN5S. The molecule has 0 aliphatic heterocycles. The highest BCUT2D eigenvalue weighted by Crippen LogP contribution is 2.29. The fraction of sp³-hybridized carbons (Fsp3) is 0.0952. The zero-order valence-electron chi connectivity index (χ0n) is 15.5. The number of rotatable bonds is 6. The van der Waals surface area contributed by atoms with Crippen LogP contribution in [0.3, 0.4) is 0 Å². The van der Waals surface area contributed by atoms with Crippen molar-refractivity contribution in [3.8, 4) is 5.69 Å². The molecule has 0 aliphatic rings. The van der Waals surface area contributed by atoms with Crippen LogP contribution in [-0.2, 0) is 5.75 Å². The Morgan fingerprint density at radius 3 is 2.62 bits per heavy atom. The Morgan fingerprint density at radius 2 is 1.86 bits per heavy atom. The normalized spacial score (nSPS) is 11.4. The average molecular weight is 426 g/mol. The van der Waals surface area contributed by atoms with E-state index >= 15 is 0 Å². The molecule has 0 saturated carbocycles. The SMILES string of the molecule is Cc1nn(-c2ccccc2)c(Cl)c1CSc1n[nH]c(/C=C/c2ccc(F)cc2)n1. The van der Waals surface area contributed by atoms with Gasteiger partial charge < -0.3 is 0 Å². The Bertz CT molecular complexity index is 1140. The van der Waals surface area contributed by atoms with Gasteiger partial charge in [-0.15, -0.1) is 5.10 Å². The largest absolute Gasteiger partial charge is 0.259 e. The van der Waals surface area contributed by atoms with Gasteiger partial charge in [-0.3, -0.25) is 5.10 Å². The Balaban J connectivity index is 1.44. The lowest BCUT2D eigenvalue weighted by molar-refractivity contribution is 0.628. The van der Waals surface area contributed by atoms with Crippen molar-refractivity contribution in [2.75, 3.05) is 0 Å². The molecule has 0 bridgehead atoms. The van der Waals surface area contributed by atoms with Crippen LogP contribution in [0.15, 0.2) is 59.8 Å². The zero-order valence-corrected chi connectivity index (χ0v) is 17.1. The summed E-state index contributed by atoms with van der Waals surface area (Å²) in [6.07, 6.45) is 3.65. The molecule has 0 amide bonds. The zero-order chi connectivity index (χ0) is 20.2. The number of hydrogen-bond donors (Lipinski definition) is 1. The summed E-state index contributed by atoms with van der Waals surface area (Å²) >= 11 is 8.05. The van der Waals surface area contributed by atoms with Crippen molar-refractivity contribution in [3.05, 3.63) is 88.2 Å². The Morgan fingerprint density at radius 1 is 1.10 bits per heavy atom. The summed E-state index contributed by atoms with van der Waals surface area (Å²) in [5.74, 6) is 0.973. The van der Waals surface area contributed by atoms with Gasteiger partial charge in [-0.05, 0) is 42.8 Å². The van der Waals surface area contributed by atoms with Gasteiger partial charge in [0.05, 0.1) is 11.4 Å². The molecule has 2 aromatic carbocycles. The van der Waals surface area contributed by atoms with E-state index in [1.54, 1.807) is 22.9 Å². The highest BCUT2D eigenvalue weighted by Gasteiger charge is 2.15. The third kappa shape index (κ3) is 4.58. The monoisotopic (exact) mass is 425 g/mol. The Hall–Kier alpha value is -2.90. The molecule has 29 heavy (non-hydrogen) atoms. The van der Waals surface area contributed by atoms with Gasteiger partial charge in [-0.25, -0.2) is 14.1 Å². The molecule has 0 aliphatic carbocycles. The molecule has 2 heterocycles. The van der Waals surface area contributed by atoms with E-state index < -0.39 is 0 Å². The van der Waals surface area contributed by atoms with Gasteiger partial charge in [0.15, 0.2) is 0 Å². The molecule has 0 saturated heterocycles. The van der Waals surface area contributed by atoms with Crippen LogP contribution in [0.4, 0.5) is 4.39 Å². The molecule has 0 spiro atoms. The number of aromatic nitrogens is 5. The summed E-state index contributed by atoms with van der Waals surface area (Å²) in [7, 11) is 0. The number of aryl methyl sites for hydroxylation is 1. The minimum atomic E-state index is -0.259. The van der Waals surface area contributed by atoms with E-state index in [9.17, 15) is 4.39 Å². The maximum Gasteiger partial charge on any atom is 0.209 e. The number of aromatic amines is 1. The lowest BCUT2D eigenvalue weighted by Gasteiger charge is -2.02. The van der Waals surface area contributed by atoms with Crippen LogP contribution < -0.4 is 0 Å². The van der Waals surface area contributed by atoms with Gasteiger partial charge in [-0.1, -0.05) is 59.8 Å². The molecule has 146 valence electrons. The predicted octanol–water partition coefficient (Wildman–Crippen LogP) is 5.55. The van der Waals surface area contributed by atoms with Gasteiger partial charge in [0, 0.05) is 11.3 Å². The predicted molar refractivity (Wildman–Crippen MR) is 115 cm³/mol. The first-order chi connectivity index (χ1) is 14.1. The number of H-pyrrole nitrogens is 1. The topological polar surface area (TPSA) is 59.4 Å². The molecular weight excluding hydrogens is 409 g/mol. The van der Waals surface area contributed by atoms with Gasteiger partial charge >= 0.3 is 0 Å². The molecule has 1 N–H and O–H groups in total. The summed E-state index contributed by atoms with van der Waals surface area (Å²) in [6.45, 7) is 1.94. The summed E-state index contributed by atoms with van der Waals surface area (Å²) < 4.78 is 14.7. The second-order valence-electron chi connectivity index (χ2n) is 6.28. The third-order valence-electron chi connectivity index (χ3n) is 4.25. The van der Waals surface area contributed by atoms with Crippen molar-refractivity contribution in [1.82, 2.24) is 25.0 Å². The van der Waals surface area contributed by atoms with E-state index in [1.165, 1.54) is 23.9 Å². The van der Waals surface area contributed by atoms with Crippen molar-refractivity contribution in [2.24, 2.45) is 0 Å². The second kappa shape index (κ2) is 8.63. The number of benzene rings is 2. The molecule has 4 aromatic rings. The fourth-order valence-corrected chi connectivity index (χ4v) is 4.03. The van der Waals surface area contributed by atoms with Crippen LogP contribution in [0.1, 0.15) is 22.6 Å². The number of thioether (sulfide) groups is 1. The van der Waals surface area contributed by atoms with Crippen LogP contribution in [0.25, 0.3) is 17.8 Å². The van der Waals surface area contributed by atoms with Gasteiger partial charge in [0.1, 0.15) is 16.8 Å². The third-order valence-corrected chi connectivity index (χ3v) is 5.52. The lowest BCUT2D eigenvalue weighted by atomic mass is 10.2. The van der Waals surface area contributed by atoms with Crippen LogP contribution in [-0.4, -0.2) is 25.0 Å². The van der Waals surface area contributed by atoms with Crippen molar-refractivity contribution < 1.29 is 4.39 Å². The summed E-state index contributed by atoms with van der Waals surface area (Å²) in [5.41, 5.74) is 3.63. The first-order valence-corrected chi connectivity index (χ1v) is 10.2. The lowest BCUT2D eigenvalue weighted by Crippen LogP contribution is -1.96. The van der Waals surface area contributed by atoms with Crippen LogP contribution in [0.2, 0.25) is 5.15 Å². The van der Waals surface area contributed by atoms with Crippen molar-refractivity contribution in [1.29, 1.82) is 0 Å². The van der Waals surface area contributed by atoms with Crippen LogP contribution >= 0.6 is 23.4 Å². The van der Waals surface area contributed by atoms with Gasteiger partial charge in [0.2, 0.25) is 5.16 Å². The molecule has 4 rings (SSSR count). The van der Waals surface area contributed by atoms with Crippen molar-refractivity contribution >= 4 is 35.5 Å². The molecule has 5 nitrogen and oxygen atoms in total. The molecule has 2 aromatic heterocycles. The molecule has 0 unspecified atom stereocenters. The Labute approximate surface area is 176 Å². The smallest absolute Gasteiger partial charge is 0.209 e.